The van der Waals surface area contributed by atoms with Gasteiger partial charge in [-0.2, -0.15) is 0 Å². The largest absolute Gasteiger partial charge is 0.493 e. The Morgan fingerprint density at radius 1 is 1.36 bits per heavy atom. The van der Waals surface area contributed by atoms with E-state index in [2.05, 4.69) is 10.3 Å². The van der Waals surface area contributed by atoms with Gasteiger partial charge in [0, 0.05) is 6.20 Å². The van der Waals surface area contributed by atoms with Crippen LogP contribution in [0.5, 0.6) is 5.75 Å². The molecular weight excluding hydrogens is 349 g/mol. The van der Waals surface area contributed by atoms with Crippen molar-refractivity contribution in [2.45, 2.75) is 6.92 Å². The third kappa shape index (κ3) is 4.66. The van der Waals surface area contributed by atoms with Gasteiger partial charge in [0.25, 0.3) is 0 Å². The van der Waals surface area contributed by atoms with E-state index in [9.17, 15) is 17.6 Å². The Balaban J connectivity index is 2.26. The smallest absolute Gasteiger partial charge is 0.245 e. The number of carbonyl (C=O) groups is 1. The van der Waals surface area contributed by atoms with E-state index < -0.39 is 28.3 Å². The molecule has 1 amide bonds. The van der Waals surface area contributed by atoms with E-state index in [1.54, 1.807) is 6.92 Å². The van der Waals surface area contributed by atoms with Crippen molar-refractivity contribution in [2.24, 2.45) is 0 Å². The van der Waals surface area contributed by atoms with Gasteiger partial charge in [-0.1, -0.05) is 6.07 Å². The Kier molecular flexibility index (Phi) is 5.58. The average molecular weight is 367 g/mol. The van der Waals surface area contributed by atoms with E-state index in [0.29, 0.717) is 17.1 Å². The van der Waals surface area contributed by atoms with E-state index in [4.69, 9.17) is 4.74 Å². The Morgan fingerprint density at radius 3 is 2.68 bits per heavy atom. The number of aromatic nitrogens is 1. The number of amides is 1. The molecule has 0 fully saturated rings. The molecule has 0 atom stereocenters. The van der Waals surface area contributed by atoms with Gasteiger partial charge in [-0.25, -0.2) is 12.8 Å². The van der Waals surface area contributed by atoms with Crippen LogP contribution in [0, 0.1) is 12.7 Å². The SMILES string of the molecule is COc1c(NC(=O)CN(c2cccc(F)c2)S(C)(=O)=O)ccnc1C. The average Bonchev–Trinajstić information content (AvgIpc) is 2.52. The van der Waals surface area contributed by atoms with Crippen LogP contribution in [-0.2, 0) is 14.8 Å². The van der Waals surface area contributed by atoms with E-state index in [0.717, 1.165) is 16.6 Å². The molecule has 0 saturated carbocycles. The van der Waals surface area contributed by atoms with E-state index in [1.165, 1.54) is 37.6 Å². The molecule has 0 aliphatic carbocycles. The van der Waals surface area contributed by atoms with E-state index in [1.807, 2.05) is 0 Å². The van der Waals surface area contributed by atoms with Gasteiger partial charge in [0.2, 0.25) is 15.9 Å². The number of methoxy groups -OCH3 is 1. The molecule has 25 heavy (non-hydrogen) atoms. The molecule has 7 nitrogen and oxygen atoms in total. The van der Waals surface area contributed by atoms with Crippen molar-refractivity contribution in [1.82, 2.24) is 4.98 Å². The number of anilines is 2. The number of nitrogens with one attached hydrogen (secondary N) is 1. The first-order valence-electron chi connectivity index (χ1n) is 7.25. The van der Waals surface area contributed by atoms with Gasteiger partial charge in [-0.15, -0.1) is 0 Å². The number of halogens is 1. The lowest BCUT2D eigenvalue weighted by atomic mass is 10.3. The molecule has 1 aromatic heterocycles. The highest BCUT2D eigenvalue weighted by atomic mass is 32.2. The molecule has 2 aromatic rings. The van der Waals surface area contributed by atoms with Crippen LogP contribution in [0.3, 0.4) is 0 Å². The van der Waals surface area contributed by atoms with Gasteiger partial charge in [-0.05, 0) is 31.2 Å². The van der Waals surface area contributed by atoms with E-state index >= 15 is 0 Å². The summed E-state index contributed by atoms with van der Waals surface area (Å²) in [6.45, 7) is 1.21. The van der Waals surface area contributed by atoms with Crippen molar-refractivity contribution >= 4 is 27.3 Å². The minimum Gasteiger partial charge on any atom is -0.493 e. The molecule has 0 spiro atoms. The van der Waals surface area contributed by atoms with Crippen LogP contribution < -0.4 is 14.4 Å². The molecule has 2 rings (SSSR count). The van der Waals surface area contributed by atoms with Crippen molar-refractivity contribution in [2.75, 3.05) is 29.5 Å². The summed E-state index contributed by atoms with van der Waals surface area (Å²) in [5.74, 6) is -0.816. The number of benzene rings is 1. The normalized spacial score (nSPS) is 11.0. The Bertz CT molecular complexity index is 887. The van der Waals surface area contributed by atoms with Gasteiger partial charge in [0.1, 0.15) is 12.4 Å². The summed E-state index contributed by atoms with van der Waals surface area (Å²) in [7, 11) is -2.34. The summed E-state index contributed by atoms with van der Waals surface area (Å²) in [6, 6.07) is 6.56. The van der Waals surface area contributed by atoms with Crippen LogP contribution in [0.25, 0.3) is 0 Å². The number of sulfonamides is 1. The van der Waals surface area contributed by atoms with Crippen LogP contribution in [0.1, 0.15) is 5.69 Å². The molecule has 1 heterocycles. The molecule has 0 aliphatic heterocycles. The fourth-order valence-corrected chi connectivity index (χ4v) is 3.11. The Morgan fingerprint density at radius 2 is 2.08 bits per heavy atom. The number of nitrogens with zero attached hydrogens (tertiary/aromatic N) is 2. The first-order chi connectivity index (χ1) is 11.7. The third-order valence-electron chi connectivity index (χ3n) is 3.34. The minimum atomic E-state index is -3.78. The second-order valence-corrected chi connectivity index (χ2v) is 7.18. The second-order valence-electron chi connectivity index (χ2n) is 5.27. The van der Waals surface area contributed by atoms with Crippen LogP contribution >= 0.6 is 0 Å². The van der Waals surface area contributed by atoms with Gasteiger partial charge in [0.15, 0.2) is 5.75 Å². The topological polar surface area (TPSA) is 88.6 Å². The highest BCUT2D eigenvalue weighted by molar-refractivity contribution is 7.92. The summed E-state index contributed by atoms with van der Waals surface area (Å²) in [5.41, 5.74) is 1.01. The summed E-state index contributed by atoms with van der Waals surface area (Å²) >= 11 is 0. The fourth-order valence-electron chi connectivity index (χ4n) is 2.26. The quantitative estimate of drug-likeness (QED) is 0.843. The van der Waals surface area contributed by atoms with Crippen LogP contribution in [0.2, 0.25) is 0 Å². The second kappa shape index (κ2) is 7.47. The predicted octanol–water partition coefficient (Wildman–Crippen LogP) is 1.94. The maximum Gasteiger partial charge on any atom is 0.245 e. The Labute approximate surface area is 145 Å². The van der Waals surface area contributed by atoms with Crippen molar-refractivity contribution in [3.63, 3.8) is 0 Å². The summed E-state index contributed by atoms with van der Waals surface area (Å²) < 4.78 is 43.4. The van der Waals surface area contributed by atoms with Crippen molar-refractivity contribution in [3.05, 3.63) is 48.0 Å². The zero-order valence-corrected chi connectivity index (χ0v) is 14.8. The molecule has 1 N–H and O–H groups in total. The lowest BCUT2D eigenvalue weighted by Gasteiger charge is -2.22. The zero-order chi connectivity index (χ0) is 18.6. The summed E-state index contributed by atoms with van der Waals surface area (Å²) in [5, 5.41) is 2.59. The number of pyridine rings is 1. The lowest BCUT2D eigenvalue weighted by Crippen LogP contribution is -2.37. The number of hydrogen-bond donors (Lipinski definition) is 1. The van der Waals surface area contributed by atoms with Crippen molar-refractivity contribution < 1.29 is 22.3 Å². The minimum absolute atomic E-state index is 0.0653. The lowest BCUT2D eigenvalue weighted by molar-refractivity contribution is -0.114. The van der Waals surface area contributed by atoms with Gasteiger partial charge in [-0.3, -0.25) is 14.1 Å². The molecule has 134 valence electrons. The molecule has 9 heteroatoms. The van der Waals surface area contributed by atoms with Gasteiger partial charge < -0.3 is 10.1 Å². The zero-order valence-electron chi connectivity index (χ0n) is 14.0. The number of aryl methyl sites for hydroxylation is 1. The van der Waals surface area contributed by atoms with Crippen LogP contribution in [0.15, 0.2) is 36.5 Å². The third-order valence-corrected chi connectivity index (χ3v) is 4.49. The summed E-state index contributed by atoms with van der Waals surface area (Å²) in [4.78, 5) is 16.4. The summed E-state index contributed by atoms with van der Waals surface area (Å²) in [6.07, 6.45) is 2.44. The first kappa shape index (κ1) is 18.7. The molecule has 1 aromatic carbocycles. The van der Waals surface area contributed by atoms with Crippen molar-refractivity contribution in [1.29, 1.82) is 0 Å². The molecule has 0 radical (unpaired) electrons. The number of rotatable bonds is 6. The Hall–Kier alpha value is -2.68. The standard InChI is InChI=1S/C16H18FN3O4S/c1-11-16(24-2)14(7-8-18-11)19-15(21)10-20(25(3,22)23)13-6-4-5-12(17)9-13/h4-9H,10H2,1-3H3,(H,18,19,21). The molecule has 0 bridgehead atoms. The fraction of sp³-hybridized carbons (Fsp3) is 0.250. The monoisotopic (exact) mass is 367 g/mol. The highest BCUT2D eigenvalue weighted by Crippen LogP contribution is 2.26. The van der Waals surface area contributed by atoms with Gasteiger partial charge in [0.05, 0.1) is 30.4 Å². The maximum atomic E-state index is 13.4. The number of hydrogen-bond acceptors (Lipinski definition) is 5. The maximum absolute atomic E-state index is 13.4. The molecule has 0 saturated heterocycles. The predicted molar refractivity (Wildman–Crippen MR) is 92.7 cm³/mol. The van der Waals surface area contributed by atoms with Crippen molar-refractivity contribution in [3.8, 4) is 5.75 Å². The molecular formula is C16H18FN3O4S. The molecule has 0 unspecified atom stereocenters. The van der Waals surface area contributed by atoms with Crippen LogP contribution in [0.4, 0.5) is 15.8 Å². The highest BCUT2D eigenvalue weighted by Gasteiger charge is 2.22. The van der Waals surface area contributed by atoms with Gasteiger partial charge >= 0.3 is 0 Å². The number of ether oxygens (including phenoxy) is 1. The molecule has 0 aliphatic rings. The number of carbonyl (C=O) groups excluding carboxylic acids is 1. The van der Waals surface area contributed by atoms with E-state index in [-0.39, 0.29) is 5.69 Å². The first-order valence-corrected chi connectivity index (χ1v) is 9.10. The van der Waals surface area contributed by atoms with Crippen LogP contribution in [-0.4, -0.2) is 39.2 Å².